The monoisotopic (exact) mass is 365 g/mol. The van der Waals surface area contributed by atoms with E-state index in [1.165, 1.54) is 23.9 Å². The van der Waals surface area contributed by atoms with Gasteiger partial charge in [-0.25, -0.2) is 9.78 Å². The van der Waals surface area contributed by atoms with Gasteiger partial charge in [0, 0.05) is 23.4 Å². The third-order valence-corrected chi connectivity index (χ3v) is 4.88. The molecule has 0 saturated carbocycles. The lowest BCUT2D eigenvalue weighted by molar-refractivity contribution is -0.137. The molecule has 130 valence electrons. The molecule has 2 aromatic heterocycles. The Morgan fingerprint density at radius 2 is 1.84 bits per heavy atom. The first-order valence-electron chi connectivity index (χ1n) is 7.44. The van der Waals surface area contributed by atoms with Crippen molar-refractivity contribution < 1.29 is 17.6 Å². The van der Waals surface area contributed by atoms with Gasteiger partial charge in [-0.3, -0.25) is 0 Å². The van der Waals surface area contributed by atoms with Crippen LogP contribution >= 0.6 is 11.8 Å². The van der Waals surface area contributed by atoms with Gasteiger partial charge in [0.05, 0.1) is 10.6 Å². The number of pyridine rings is 1. The summed E-state index contributed by atoms with van der Waals surface area (Å²) in [5.74, 6) is 0.406. The second-order valence-electron chi connectivity index (χ2n) is 5.69. The van der Waals surface area contributed by atoms with Gasteiger partial charge in [-0.05, 0) is 54.8 Å². The molecular formula is C18H14F3NO2S. The first-order chi connectivity index (χ1) is 11.7. The van der Waals surface area contributed by atoms with Crippen LogP contribution in [0.3, 0.4) is 0 Å². The Hall–Kier alpha value is -2.28. The van der Waals surface area contributed by atoms with Crippen molar-refractivity contribution in [3.8, 4) is 0 Å². The zero-order chi connectivity index (χ0) is 18.2. The minimum atomic E-state index is -4.40. The molecule has 0 aliphatic heterocycles. The van der Waals surface area contributed by atoms with Crippen molar-refractivity contribution in [3.63, 3.8) is 0 Å². The summed E-state index contributed by atoms with van der Waals surface area (Å²) in [6.07, 6.45) is -3.59. The van der Waals surface area contributed by atoms with E-state index in [1.54, 1.807) is 0 Å². The normalized spacial score (nSPS) is 11.9. The van der Waals surface area contributed by atoms with Gasteiger partial charge >= 0.3 is 11.8 Å². The lowest BCUT2D eigenvalue weighted by Gasteiger charge is -2.09. The summed E-state index contributed by atoms with van der Waals surface area (Å²) >= 11 is 1.27. The predicted molar refractivity (Wildman–Crippen MR) is 90.8 cm³/mol. The van der Waals surface area contributed by atoms with Gasteiger partial charge in [-0.15, -0.1) is 11.8 Å². The molecule has 3 aromatic rings. The molecule has 0 unspecified atom stereocenters. The van der Waals surface area contributed by atoms with Crippen LogP contribution in [0, 0.1) is 13.8 Å². The lowest BCUT2D eigenvalue weighted by Crippen LogP contribution is -2.05. The maximum atomic E-state index is 12.6. The number of aryl methyl sites for hydroxylation is 2. The average molecular weight is 365 g/mol. The molecule has 0 amide bonds. The third-order valence-electron chi connectivity index (χ3n) is 3.88. The molecule has 3 rings (SSSR count). The number of rotatable bonds is 3. The molecular weight excluding hydrogens is 351 g/mol. The van der Waals surface area contributed by atoms with Crippen molar-refractivity contribution in [2.24, 2.45) is 0 Å². The van der Waals surface area contributed by atoms with Crippen LogP contribution in [0.25, 0.3) is 11.0 Å². The zero-order valence-electron chi connectivity index (χ0n) is 13.5. The van der Waals surface area contributed by atoms with Crippen molar-refractivity contribution in [2.45, 2.75) is 30.8 Å². The number of halogens is 3. The fourth-order valence-corrected chi connectivity index (χ4v) is 3.22. The Morgan fingerprint density at radius 3 is 2.48 bits per heavy atom. The maximum Gasteiger partial charge on any atom is 0.417 e. The van der Waals surface area contributed by atoms with Gasteiger partial charge in [-0.1, -0.05) is 0 Å². The number of alkyl halides is 3. The van der Waals surface area contributed by atoms with Gasteiger partial charge in [-0.2, -0.15) is 13.2 Å². The van der Waals surface area contributed by atoms with Crippen molar-refractivity contribution >= 4 is 22.7 Å². The number of fused-ring (bicyclic) bond motifs is 1. The second-order valence-corrected chi connectivity index (χ2v) is 6.69. The summed E-state index contributed by atoms with van der Waals surface area (Å²) in [5.41, 5.74) is 2.12. The smallest absolute Gasteiger partial charge is 0.417 e. The third kappa shape index (κ3) is 3.87. The van der Waals surface area contributed by atoms with E-state index in [2.05, 4.69) is 4.98 Å². The standard InChI is InChI=1S/C18H14F3NO2S/c1-10-5-14-12(7-17(23)24-15(14)6-11(10)2)9-25-16-4-3-13(8-22-16)18(19,20)21/h3-8H,9H2,1-2H3. The van der Waals surface area contributed by atoms with E-state index >= 15 is 0 Å². The van der Waals surface area contributed by atoms with E-state index in [0.717, 1.165) is 34.3 Å². The molecule has 0 aliphatic rings. The minimum Gasteiger partial charge on any atom is -0.423 e. The molecule has 0 atom stereocenters. The Balaban J connectivity index is 1.88. The summed E-state index contributed by atoms with van der Waals surface area (Å²) in [6.45, 7) is 3.90. The van der Waals surface area contributed by atoms with E-state index in [-0.39, 0.29) is 0 Å². The zero-order valence-corrected chi connectivity index (χ0v) is 14.3. The number of aromatic nitrogens is 1. The quantitative estimate of drug-likeness (QED) is 0.477. The number of hydrogen-bond donors (Lipinski definition) is 0. The maximum absolute atomic E-state index is 12.6. The van der Waals surface area contributed by atoms with Crippen molar-refractivity contribution in [1.82, 2.24) is 4.98 Å². The SMILES string of the molecule is Cc1cc2oc(=O)cc(CSc3ccc(C(F)(F)F)cn3)c2cc1C. The first-order valence-corrected chi connectivity index (χ1v) is 8.42. The number of benzene rings is 1. The van der Waals surface area contributed by atoms with Gasteiger partial charge in [0.25, 0.3) is 0 Å². The molecule has 7 heteroatoms. The van der Waals surface area contributed by atoms with Crippen LogP contribution in [0.15, 0.2) is 50.8 Å². The van der Waals surface area contributed by atoms with Gasteiger partial charge in [0.2, 0.25) is 0 Å². The van der Waals surface area contributed by atoms with E-state index in [9.17, 15) is 18.0 Å². The molecule has 0 fully saturated rings. The molecule has 0 N–H and O–H groups in total. The number of thioether (sulfide) groups is 1. The van der Waals surface area contributed by atoms with Crippen LogP contribution in [0.5, 0.6) is 0 Å². The summed E-state index contributed by atoms with van der Waals surface area (Å²) < 4.78 is 42.9. The number of hydrogen-bond acceptors (Lipinski definition) is 4. The highest BCUT2D eigenvalue weighted by molar-refractivity contribution is 7.98. The number of nitrogens with zero attached hydrogens (tertiary/aromatic N) is 1. The first kappa shape index (κ1) is 17.5. The lowest BCUT2D eigenvalue weighted by atomic mass is 10.0. The topological polar surface area (TPSA) is 43.1 Å². The Bertz CT molecular complexity index is 979. The average Bonchev–Trinajstić information content (AvgIpc) is 2.54. The highest BCUT2D eigenvalue weighted by atomic mass is 32.2. The van der Waals surface area contributed by atoms with E-state index in [1.807, 2.05) is 26.0 Å². The highest BCUT2D eigenvalue weighted by Gasteiger charge is 2.30. The van der Waals surface area contributed by atoms with Gasteiger partial charge < -0.3 is 4.42 Å². The predicted octanol–water partition coefficient (Wildman–Crippen LogP) is 5.12. The largest absolute Gasteiger partial charge is 0.423 e. The van der Waals surface area contributed by atoms with Crippen LogP contribution in [0.4, 0.5) is 13.2 Å². The summed E-state index contributed by atoms with van der Waals surface area (Å²) in [7, 11) is 0. The second kappa shape index (κ2) is 6.55. The summed E-state index contributed by atoms with van der Waals surface area (Å²) in [4.78, 5) is 15.6. The fraction of sp³-hybridized carbons (Fsp3) is 0.222. The van der Waals surface area contributed by atoms with Crippen molar-refractivity contribution in [2.75, 3.05) is 0 Å². The molecule has 0 bridgehead atoms. The van der Waals surface area contributed by atoms with Crippen LogP contribution in [0.2, 0.25) is 0 Å². The fourth-order valence-electron chi connectivity index (χ4n) is 2.39. The van der Waals surface area contributed by atoms with Crippen molar-refractivity contribution in [1.29, 1.82) is 0 Å². The van der Waals surface area contributed by atoms with Crippen LogP contribution < -0.4 is 5.63 Å². The molecule has 3 nitrogen and oxygen atoms in total. The van der Waals surface area contributed by atoms with Crippen LogP contribution in [-0.2, 0) is 11.9 Å². The molecule has 0 radical (unpaired) electrons. The van der Waals surface area contributed by atoms with E-state index in [0.29, 0.717) is 16.4 Å². The molecule has 2 heterocycles. The Labute approximate surface area is 145 Å². The van der Waals surface area contributed by atoms with Crippen LogP contribution in [-0.4, -0.2) is 4.98 Å². The van der Waals surface area contributed by atoms with Crippen molar-refractivity contribution in [3.05, 3.63) is 69.2 Å². The Kier molecular flexibility index (Phi) is 4.60. The Morgan fingerprint density at radius 1 is 1.12 bits per heavy atom. The van der Waals surface area contributed by atoms with Gasteiger partial charge in [0.15, 0.2) is 0 Å². The molecule has 1 aromatic carbocycles. The molecule has 0 spiro atoms. The molecule has 0 aliphatic carbocycles. The summed E-state index contributed by atoms with van der Waals surface area (Å²) in [6, 6.07) is 7.51. The van der Waals surface area contributed by atoms with Crippen LogP contribution in [0.1, 0.15) is 22.3 Å². The molecule has 25 heavy (non-hydrogen) atoms. The van der Waals surface area contributed by atoms with E-state index in [4.69, 9.17) is 4.42 Å². The van der Waals surface area contributed by atoms with E-state index < -0.39 is 17.4 Å². The molecule has 0 saturated heterocycles. The minimum absolute atomic E-state index is 0.406. The van der Waals surface area contributed by atoms with Gasteiger partial charge in [0.1, 0.15) is 5.58 Å². The highest BCUT2D eigenvalue weighted by Crippen LogP contribution is 2.31. The summed E-state index contributed by atoms with van der Waals surface area (Å²) in [5, 5.41) is 1.28.